The van der Waals surface area contributed by atoms with Crippen LogP contribution in [0.4, 0.5) is 5.69 Å². The van der Waals surface area contributed by atoms with Crippen molar-refractivity contribution in [2.24, 2.45) is 0 Å². The zero-order valence-electron chi connectivity index (χ0n) is 19.8. The molecule has 1 saturated heterocycles. The number of likely N-dealkylation sites (tertiary alicyclic amines) is 1. The number of anilines is 1. The van der Waals surface area contributed by atoms with Crippen molar-refractivity contribution in [2.45, 2.75) is 50.9 Å². The quantitative estimate of drug-likeness (QED) is 0.432. The zero-order valence-corrected chi connectivity index (χ0v) is 19.8. The maximum atomic E-state index is 11.2. The second-order valence-corrected chi connectivity index (χ2v) is 9.35. The Morgan fingerprint density at radius 3 is 1.91 bits per heavy atom. The van der Waals surface area contributed by atoms with Crippen molar-refractivity contribution in [2.75, 3.05) is 25.0 Å². The third-order valence-corrected chi connectivity index (χ3v) is 6.47. The van der Waals surface area contributed by atoms with E-state index in [-0.39, 0.29) is 12.1 Å². The number of hydrogen-bond acceptors (Lipinski definition) is 4. The number of nitrogens with zero attached hydrogens (tertiary/aromatic N) is 1. The van der Waals surface area contributed by atoms with Gasteiger partial charge in [-0.15, -0.1) is 0 Å². The third kappa shape index (κ3) is 6.37. The predicted octanol–water partition coefficient (Wildman–Crippen LogP) is 5.89. The van der Waals surface area contributed by atoms with Crippen LogP contribution in [0.1, 0.15) is 50.3 Å². The molecule has 0 unspecified atom stereocenters. The van der Waals surface area contributed by atoms with Gasteiger partial charge in [-0.3, -0.25) is 4.90 Å². The minimum absolute atomic E-state index is 0.173. The van der Waals surface area contributed by atoms with Gasteiger partial charge in [0, 0.05) is 25.3 Å². The fraction of sp³-hybridized carbons (Fsp3) is 0.379. The lowest BCUT2D eigenvalue weighted by molar-refractivity contribution is -0.0312. The number of ether oxygens (including phenoxy) is 1. The van der Waals surface area contributed by atoms with Crippen LogP contribution in [0.2, 0.25) is 0 Å². The summed E-state index contributed by atoms with van der Waals surface area (Å²) in [5.74, 6) is 0.882. The SMILES string of the molecule is CC(C)Oc1ccc(NCCC2(O)CCN(C(c3ccccc3)c3ccccc3)CC2)cc1. The maximum absolute atomic E-state index is 11.2. The van der Waals surface area contributed by atoms with Gasteiger partial charge in [0.2, 0.25) is 0 Å². The van der Waals surface area contributed by atoms with Gasteiger partial charge in [-0.2, -0.15) is 0 Å². The molecule has 33 heavy (non-hydrogen) atoms. The van der Waals surface area contributed by atoms with Crippen molar-refractivity contribution < 1.29 is 9.84 Å². The molecule has 0 radical (unpaired) electrons. The Morgan fingerprint density at radius 1 is 0.848 bits per heavy atom. The zero-order chi connectivity index (χ0) is 23.1. The minimum atomic E-state index is -0.623. The third-order valence-electron chi connectivity index (χ3n) is 6.47. The lowest BCUT2D eigenvalue weighted by atomic mass is 9.86. The van der Waals surface area contributed by atoms with E-state index in [9.17, 15) is 5.11 Å². The largest absolute Gasteiger partial charge is 0.491 e. The molecular weight excluding hydrogens is 408 g/mol. The van der Waals surface area contributed by atoms with Crippen LogP contribution in [-0.4, -0.2) is 41.3 Å². The first kappa shape index (κ1) is 23.3. The fourth-order valence-corrected chi connectivity index (χ4v) is 4.70. The maximum Gasteiger partial charge on any atom is 0.119 e. The Hall–Kier alpha value is -2.82. The standard InChI is InChI=1S/C29H36N2O2/c1-23(2)33-27-15-13-26(14-16-27)30-20-17-29(32)18-21-31(22-19-29)28(24-9-5-3-6-10-24)25-11-7-4-8-12-25/h3-16,23,28,30,32H,17-22H2,1-2H3. The molecule has 174 valence electrons. The van der Waals surface area contributed by atoms with Crippen LogP contribution in [0.5, 0.6) is 5.75 Å². The number of benzene rings is 3. The Morgan fingerprint density at radius 2 is 1.39 bits per heavy atom. The highest BCUT2D eigenvalue weighted by Crippen LogP contribution is 2.34. The molecule has 3 aromatic carbocycles. The van der Waals surface area contributed by atoms with Crippen LogP contribution in [0.3, 0.4) is 0 Å². The molecule has 2 N–H and O–H groups in total. The lowest BCUT2D eigenvalue weighted by Gasteiger charge is -2.42. The van der Waals surface area contributed by atoms with Crippen LogP contribution < -0.4 is 10.1 Å². The topological polar surface area (TPSA) is 44.7 Å². The summed E-state index contributed by atoms with van der Waals surface area (Å²) < 4.78 is 5.71. The molecule has 0 bridgehead atoms. The van der Waals surface area contributed by atoms with Crippen molar-refractivity contribution in [3.05, 3.63) is 96.1 Å². The van der Waals surface area contributed by atoms with Crippen molar-refractivity contribution in [3.8, 4) is 5.75 Å². The van der Waals surface area contributed by atoms with Gasteiger partial charge in [-0.1, -0.05) is 60.7 Å². The average molecular weight is 445 g/mol. The van der Waals surface area contributed by atoms with E-state index in [4.69, 9.17) is 4.74 Å². The van der Waals surface area contributed by atoms with Crippen molar-refractivity contribution in [1.29, 1.82) is 0 Å². The summed E-state index contributed by atoms with van der Waals surface area (Å²) in [6.07, 6.45) is 2.48. The summed E-state index contributed by atoms with van der Waals surface area (Å²) in [6, 6.07) is 29.7. The van der Waals surface area contributed by atoms with Gasteiger partial charge in [0.15, 0.2) is 0 Å². The van der Waals surface area contributed by atoms with Crippen molar-refractivity contribution in [1.82, 2.24) is 4.90 Å². The molecule has 1 aliphatic rings. The summed E-state index contributed by atoms with van der Waals surface area (Å²) in [5.41, 5.74) is 3.05. The second-order valence-electron chi connectivity index (χ2n) is 9.35. The molecule has 4 rings (SSSR count). The Balaban J connectivity index is 1.33. The number of rotatable bonds is 9. The van der Waals surface area contributed by atoms with E-state index < -0.39 is 5.60 Å². The summed E-state index contributed by atoms with van der Waals surface area (Å²) in [7, 11) is 0. The van der Waals surface area contributed by atoms with Gasteiger partial charge < -0.3 is 15.2 Å². The molecule has 0 saturated carbocycles. The smallest absolute Gasteiger partial charge is 0.119 e. The normalized spacial score (nSPS) is 16.2. The average Bonchev–Trinajstić information content (AvgIpc) is 2.83. The van der Waals surface area contributed by atoms with Crippen LogP contribution in [0.15, 0.2) is 84.9 Å². The summed E-state index contributed by atoms with van der Waals surface area (Å²) >= 11 is 0. The van der Waals surface area contributed by atoms with Crippen LogP contribution >= 0.6 is 0 Å². The van der Waals surface area contributed by atoms with E-state index in [0.29, 0.717) is 0 Å². The predicted molar refractivity (Wildman–Crippen MR) is 136 cm³/mol. The van der Waals surface area contributed by atoms with E-state index in [2.05, 4.69) is 70.9 Å². The number of nitrogens with one attached hydrogen (secondary N) is 1. The summed E-state index contributed by atoms with van der Waals surface area (Å²) in [6.45, 7) is 6.57. The van der Waals surface area contributed by atoms with Gasteiger partial charge in [0.1, 0.15) is 5.75 Å². The van der Waals surface area contributed by atoms with E-state index in [0.717, 1.165) is 50.3 Å². The molecule has 0 amide bonds. The minimum Gasteiger partial charge on any atom is -0.491 e. The molecule has 4 heteroatoms. The van der Waals surface area contributed by atoms with Gasteiger partial charge in [0.25, 0.3) is 0 Å². The molecule has 1 fully saturated rings. The monoisotopic (exact) mass is 444 g/mol. The van der Waals surface area contributed by atoms with E-state index in [1.807, 2.05) is 38.1 Å². The van der Waals surface area contributed by atoms with Crippen LogP contribution in [0.25, 0.3) is 0 Å². The van der Waals surface area contributed by atoms with E-state index in [1.54, 1.807) is 0 Å². The molecule has 1 aliphatic heterocycles. The number of aliphatic hydroxyl groups is 1. The van der Waals surface area contributed by atoms with Crippen molar-refractivity contribution >= 4 is 5.69 Å². The molecule has 4 nitrogen and oxygen atoms in total. The highest BCUT2D eigenvalue weighted by molar-refractivity contribution is 5.46. The van der Waals surface area contributed by atoms with E-state index >= 15 is 0 Å². The van der Waals surface area contributed by atoms with Crippen LogP contribution in [-0.2, 0) is 0 Å². The highest BCUT2D eigenvalue weighted by Gasteiger charge is 2.35. The molecule has 0 aliphatic carbocycles. The molecule has 1 heterocycles. The molecule has 0 spiro atoms. The molecule has 3 aromatic rings. The second kappa shape index (κ2) is 10.9. The Kier molecular flexibility index (Phi) is 7.69. The lowest BCUT2D eigenvalue weighted by Crippen LogP contribution is -2.46. The molecule has 0 aromatic heterocycles. The number of hydrogen-bond donors (Lipinski definition) is 2. The first-order chi connectivity index (χ1) is 16.0. The Bertz CT molecular complexity index is 926. The summed E-state index contributed by atoms with van der Waals surface area (Å²) in [5, 5.41) is 14.7. The van der Waals surface area contributed by atoms with Crippen molar-refractivity contribution in [3.63, 3.8) is 0 Å². The van der Waals surface area contributed by atoms with Gasteiger partial charge >= 0.3 is 0 Å². The number of piperidine rings is 1. The first-order valence-corrected chi connectivity index (χ1v) is 12.1. The van der Waals surface area contributed by atoms with Gasteiger partial charge in [0.05, 0.1) is 17.7 Å². The Labute approximate surface area is 198 Å². The van der Waals surface area contributed by atoms with Gasteiger partial charge in [-0.25, -0.2) is 0 Å². The first-order valence-electron chi connectivity index (χ1n) is 12.1. The molecular formula is C29H36N2O2. The highest BCUT2D eigenvalue weighted by atomic mass is 16.5. The fourth-order valence-electron chi connectivity index (χ4n) is 4.70. The van der Waals surface area contributed by atoms with Gasteiger partial charge in [-0.05, 0) is 68.5 Å². The van der Waals surface area contributed by atoms with E-state index in [1.165, 1.54) is 11.1 Å². The van der Waals surface area contributed by atoms with Crippen LogP contribution in [0, 0.1) is 0 Å². The molecule has 0 atom stereocenters. The summed E-state index contributed by atoms with van der Waals surface area (Å²) in [4.78, 5) is 2.51.